The van der Waals surface area contributed by atoms with Crippen molar-refractivity contribution in [3.63, 3.8) is 0 Å². The van der Waals surface area contributed by atoms with E-state index in [4.69, 9.17) is 4.74 Å². The molecule has 0 amide bonds. The van der Waals surface area contributed by atoms with Crippen LogP contribution in [0.25, 0.3) is 0 Å². The summed E-state index contributed by atoms with van der Waals surface area (Å²) < 4.78 is 6.93. The maximum absolute atomic E-state index is 12.1. The summed E-state index contributed by atoms with van der Waals surface area (Å²) in [6, 6.07) is 0. The molecule has 106 valence electrons. The molecule has 0 aliphatic heterocycles. The largest absolute Gasteiger partial charge is 0.465 e. The van der Waals surface area contributed by atoms with E-state index in [1.165, 1.54) is 0 Å². The lowest BCUT2D eigenvalue weighted by molar-refractivity contribution is -0.145. The molecule has 0 bridgehead atoms. The molecule has 1 saturated carbocycles. The van der Waals surface area contributed by atoms with Gasteiger partial charge in [0.05, 0.1) is 6.61 Å². The van der Waals surface area contributed by atoms with Crippen LogP contribution < -0.4 is 0 Å². The van der Waals surface area contributed by atoms with Crippen molar-refractivity contribution in [2.24, 2.45) is 13.0 Å². The minimum atomic E-state index is -0.301. The highest BCUT2D eigenvalue weighted by Crippen LogP contribution is 2.38. The first-order valence-electron chi connectivity index (χ1n) is 7.10. The molecule has 1 fully saturated rings. The Labute approximate surface area is 114 Å². The van der Waals surface area contributed by atoms with Crippen LogP contribution in [0.3, 0.4) is 0 Å². The summed E-state index contributed by atoms with van der Waals surface area (Å²) in [5, 5.41) is 4.44. The zero-order valence-electron chi connectivity index (χ0n) is 12.2. The van der Waals surface area contributed by atoms with Crippen LogP contribution in [0.2, 0.25) is 0 Å². The number of ether oxygens (including phenoxy) is 1. The van der Waals surface area contributed by atoms with E-state index in [0.29, 0.717) is 18.4 Å². The molecule has 0 spiro atoms. The minimum absolute atomic E-state index is 0.186. The molecule has 1 aliphatic rings. The Morgan fingerprint density at radius 2 is 2.16 bits per heavy atom. The third-order valence-electron chi connectivity index (χ3n) is 3.35. The highest BCUT2D eigenvalue weighted by molar-refractivity contribution is 5.77. The minimum Gasteiger partial charge on any atom is -0.465 e. The predicted octanol–water partition coefficient (Wildman–Crippen LogP) is 2.39. The molecule has 5 nitrogen and oxygen atoms in total. The molecule has 1 aromatic rings. The zero-order valence-corrected chi connectivity index (χ0v) is 12.2. The second kappa shape index (κ2) is 5.72. The van der Waals surface area contributed by atoms with Crippen molar-refractivity contribution in [3.05, 3.63) is 11.6 Å². The van der Waals surface area contributed by atoms with E-state index in [1.54, 1.807) is 4.68 Å². The van der Waals surface area contributed by atoms with Crippen molar-refractivity contribution < 1.29 is 9.53 Å². The van der Waals surface area contributed by atoms with Crippen LogP contribution in [0.15, 0.2) is 0 Å². The monoisotopic (exact) mass is 265 g/mol. The van der Waals surface area contributed by atoms with Gasteiger partial charge in [-0.2, -0.15) is 5.10 Å². The van der Waals surface area contributed by atoms with Crippen molar-refractivity contribution in [3.8, 4) is 0 Å². The van der Waals surface area contributed by atoms with Gasteiger partial charge in [0.15, 0.2) is 5.82 Å². The van der Waals surface area contributed by atoms with Gasteiger partial charge in [-0.05, 0) is 32.1 Å². The van der Waals surface area contributed by atoms with Crippen LogP contribution in [0.5, 0.6) is 0 Å². The Balaban J connectivity index is 2.22. The molecule has 2 rings (SSSR count). The lowest BCUT2D eigenvalue weighted by atomic mass is 9.96. The standard InChI is InChI=1S/C14H23N3O2/c1-5-19-14(18)11(8-9(2)3)13-15-12(10-6-7-10)16-17(13)4/h9-11H,5-8H2,1-4H3. The second-order valence-electron chi connectivity index (χ2n) is 5.66. The van der Waals surface area contributed by atoms with E-state index >= 15 is 0 Å². The Kier molecular flexibility index (Phi) is 4.22. The van der Waals surface area contributed by atoms with Crippen LogP contribution in [0.1, 0.15) is 63.5 Å². The smallest absolute Gasteiger partial charge is 0.316 e. The van der Waals surface area contributed by atoms with Gasteiger partial charge in [0, 0.05) is 13.0 Å². The maximum Gasteiger partial charge on any atom is 0.316 e. The summed E-state index contributed by atoms with van der Waals surface area (Å²) in [5.41, 5.74) is 0. The normalized spacial score (nSPS) is 16.7. The first kappa shape index (κ1) is 14.0. The van der Waals surface area contributed by atoms with Crippen LogP contribution >= 0.6 is 0 Å². The number of carbonyl (C=O) groups is 1. The summed E-state index contributed by atoms with van der Waals surface area (Å²) in [5.74, 6) is 2.06. The molecular weight excluding hydrogens is 242 g/mol. The van der Waals surface area contributed by atoms with E-state index < -0.39 is 0 Å². The van der Waals surface area contributed by atoms with Crippen molar-refractivity contribution >= 4 is 5.97 Å². The van der Waals surface area contributed by atoms with Gasteiger partial charge in [-0.3, -0.25) is 9.48 Å². The maximum atomic E-state index is 12.1. The van der Waals surface area contributed by atoms with Gasteiger partial charge >= 0.3 is 5.97 Å². The van der Waals surface area contributed by atoms with Crippen molar-refractivity contribution in [2.45, 2.75) is 51.9 Å². The van der Waals surface area contributed by atoms with Crippen LogP contribution in [-0.4, -0.2) is 27.3 Å². The molecule has 0 saturated heterocycles. The number of aryl methyl sites for hydroxylation is 1. The quantitative estimate of drug-likeness (QED) is 0.741. The SMILES string of the molecule is CCOC(=O)C(CC(C)C)c1nc(C2CC2)nn1C. The number of hydrogen-bond donors (Lipinski definition) is 0. The Hall–Kier alpha value is -1.39. The average molecular weight is 265 g/mol. The van der Waals surface area contributed by atoms with Crippen molar-refractivity contribution in [1.29, 1.82) is 0 Å². The molecular formula is C14H23N3O2. The fourth-order valence-corrected chi connectivity index (χ4v) is 2.26. The average Bonchev–Trinajstić information content (AvgIpc) is 3.11. The summed E-state index contributed by atoms with van der Waals surface area (Å²) in [6.45, 7) is 6.44. The first-order chi connectivity index (χ1) is 9.02. The van der Waals surface area contributed by atoms with Crippen LogP contribution in [0.4, 0.5) is 0 Å². The number of aromatic nitrogens is 3. The molecule has 0 radical (unpaired) electrons. The summed E-state index contributed by atoms with van der Waals surface area (Å²) in [6.07, 6.45) is 3.07. The fourth-order valence-electron chi connectivity index (χ4n) is 2.26. The number of hydrogen-bond acceptors (Lipinski definition) is 4. The van der Waals surface area contributed by atoms with Crippen molar-refractivity contribution in [2.75, 3.05) is 6.61 Å². The second-order valence-corrected chi connectivity index (χ2v) is 5.66. The van der Waals surface area contributed by atoms with E-state index in [2.05, 4.69) is 23.9 Å². The zero-order chi connectivity index (χ0) is 14.0. The van der Waals surface area contributed by atoms with Crippen molar-refractivity contribution in [1.82, 2.24) is 14.8 Å². The first-order valence-corrected chi connectivity index (χ1v) is 7.10. The van der Waals surface area contributed by atoms with Gasteiger partial charge in [0.1, 0.15) is 11.7 Å². The Morgan fingerprint density at radius 1 is 1.47 bits per heavy atom. The summed E-state index contributed by atoms with van der Waals surface area (Å²) in [4.78, 5) is 16.7. The third kappa shape index (κ3) is 3.33. The number of esters is 1. The van der Waals surface area contributed by atoms with Crippen LogP contribution in [0, 0.1) is 5.92 Å². The van der Waals surface area contributed by atoms with E-state index in [1.807, 2.05) is 14.0 Å². The van der Waals surface area contributed by atoms with Gasteiger partial charge < -0.3 is 4.74 Å². The van der Waals surface area contributed by atoms with Gasteiger partial charge in [0.2, 0.25) is 0 Å². The lowest BCUT2D eigenvalue weighted by Crippen LogP contribution is -2.21. The molecule has 0 aromatic carbocycles. The Bertz CT molecular complexity index is 450. The molecule has 1 unspecified atom stereocenters. The number of carbonyl (C=O) groups excluding carboxylic acids is 1. The molecule has 0 N–H and O–H groups in total. The topological polar surface area (TPSA) is 57.0 Å². The lowest BCUT2D eigenvalue weighted by Gasteiger charge is -2.16. The molecule has 1 aliphatic carbocycles. The highest BCUT2D eigenvalue weighted by atomic mass is 16.5. The molecule has 19 heavy (non-hydrogen) atoms. The van der Waals surface area contributed by atoms with E-state index in [0.717, 1.165) is 30.9 Å². The number of rotatable bonds is 6. The van der Waals surface area contributed by atoms with E-state index in [-0.39, 0.29) is 11.9 Å². The van der Waals surface area contributed by atoms with Crippen LogP contribution in [-0.2, 0) is 16.6 Å². The van der Waals surface area contributed by atoms with E-state index in [9.17, 15) is 4.79 Å². The molecule has 1 aromatic heterocycles. The highest BCUT2D eigenvalue weighted by Gasteiger charge is 2.33. The van der Waals surface area contributed by atoms with Gasteiger partial charge in [-0.15, -0.1) is 0 Å². The summed E-state index contributed by atoms with van der Waals surface area (Å²) in [7, 11) is 1.86. The summed E-state index contributed by atoms with van der Waals surface area (Å²) >= 11 is 0. The van der Waals surface area contributed by atoms with Gasteiger partial charge in [-0.1, -0.05) is 13.8 Å². The Morgan fingerprint density at radius 3 is 2.68 bits per heavy atom. The predicted molar refractivity (Wildman–Crippen MR) is 71.8 cm³/mol. The van der Waals surface area contributed by atoms with Gasteiger partial charge in [0.25, 0.3) is 0 Å². The molecule has 1 heterocycles. The number of nitrogens with zero attached hydrogens (tertiary/aromatic N) is 3. The molecule has 5 heteroatoms. The van der Waals surface area contributed by atoms with Gasteiger partial charge in [-0.25, -0.2) is 4.98 Å². The third-order valence-corrected chi connectivity index (χ3v) is 3.35. The molecule has 1 atom stereocenters. The fraction of sp³-hybridized carbons (Fsp3) is 0.786.